The van der Waals surface area contributed by atoms with Crippen molar-refractivity contribution in [2.45, 2.75) is 10.2 Å². The Labute approximate surface area is 95.1 Å². The summed E-state index contributed by atoms with van der Waals surface area (Å²) in [4.78, 5) is 18.3. The van der Waals surface area contributed by atoms with Crippen LogP contribution in [0, 0.1) is 0 Å². The summed E-state index contributed by atoms with van der Waals surface area (Å²) in [6.07, 6.45) is 0.624. The average Bonchev–Trinajstić information content (AvgIpc) is 2.64. The van der Waals surface area contributed by atoms with Crippen LogP contribution >= 0.6 is 11.8 Å². The number of carbonyl (C=O) groups excluding carboxylic acids is 1. The molecule has 0 radical (unpaired) electrons. The van der Waals surface area contributed by atoms with Crippen molar-refractivity contribution in [3.63, 3.8) is 0 Å². The molecule has 2 rings (SSSR count). The molecule has 2 aromatic heterocycles. The summed E-state index contributed by atoms with van der Waals surface area (Å²) in [5, 5.41) is 0.886. The van der Waals surface area contributed by atoms with Gasteiger partial charge in [0, 0.05) is 6.07 Å². The summed E-state index contributed by atoms with van der Waals surface area (Å²) in [6, 6.07) is 4.67. The van der Waals surface area contributed by atoms with Crippen molar-refractivity contribution in [2.75, 3.05) is 11.5 Å². The highest BCUT2D eigenvalue weighted by atomic mass is 32.2. The van der Waals surface area contributed by atoms with E-state index in [1.165, 1.54) is 6.07 Å². The van der Waals surface area contributed by atoms with E-state index in [1.54, 1.807) is 12.1 Å². The van der Waals surface area contributed by atoms with Crippen LogP contribution < -0.4 is 11.5 Å². The number of carbonyl (C=O) groups is 1. The molecule has 0 aliphatic carbocycles. The number of nitrogens with zero attached hydrogens (tertiary/aromatic N) is 2. The molecule has 6 nitrogen and oxygen atoms in total. The number of nitrogens with two attached hydrogens (primary N) is 2. The normalized spacial score (nSPS) is 10.2. The van der Waals surface area contributed by atoms with Gasteiger partial charge in [0.15, 0.2) is 22.3 Å². The predicted molar refractivity (Wildman–Crippen MR) is 59.1 cm³/mol. The molecule has 16 heavy (non-hydrogen) atoms. The molecule has 0 saturated heterocycles. The quantitative estimate of drug-likeness (QED) is 0.608. The van der Waals surface area contributed by atoms with Crippen LogP contribution in [-0.4, -0.2) is 16.3 Å². The fourth-order valence-electron chi connectivity index (χ4n) is 1.05. The lowest BCUT2D eigenvalue weighted by atomic mass is 10.5. The molecule has 2 heterocycles. The Balaban J connectivity index is 2.22. The van der Waals surface area contributed by atoms with Crippen molar-refractivity contribution in [3.05, 3.63) is 24.0 Å². The second kappa shape index (κ2) is 4.23. The van der Waals surface area contributed by atoms with E-state index in [1.807, 2.05) is 0 Å². The number of furan rings is 1. The maximum absolute atomic E-state index is 10.4. The predicted octanol–water partition coefficient (Wildman–Crippen LogP) is 1.20. The number of aldehydes is 1. The molecule has 0 aliphatic rings. The molecule has 0 aromatic carbocycles. The first kappa shape index (κ1) is 10.5. The van der Waals surface area contributed by atoms with E-state index in [9.17, 15) is 4.79 Å². The van der Waals surface area contributed by atoms with Crippen molar-refractivity contribution in [2.24, 2.45) is 0 Å². The van der Waals surface area contributed by atoms with Crippen LogP contribution in [0.4, 0.5) is 11.6 Å². The molecule has 7 heteroatoms. The minimum atomic E-state index is 0.249. The summed E-state index contributed by atoms with van der Waals surface area (Å²) in [6.45, 7) is 0. The van der Waals surface area contributed by atoms with Gasteiger partial charge in [-0.3, -0.25) is 4.79 Å². The fraction of sp³-hybridized carbons (Fsp3) is 0. The molecule has 0 amide bonds. The number of hydrogen-bond donors (Lipinski definition) is 2. The van der Waals surface area contributed by atoms with Gasteiger partial charge in [-0.25, -0.2) is 9.97 Å². The standard InChI is InChI=1S/C9H8N4O2S/c10-6-3-7(11)13-9(12-6)16-8-2-1-5(4-14)15-8/h1-4H,(H4,10,11,12,13). The average molecular weight is 236 g/mol. The number of aromatic nitrogens is 2. The van der Waals surface area contributed by atoms with Gasteiger partial charge in [-0.1, -0.05) is 0 Å². The maximum Gasteiger partial charge on any atom is 0.199 e. The van der Waals surface area contributed by atoms with Crippen molar-refractivity contribution in [3.8, 4) is 0 Å². The molecule has 0 fully saturated rings. The molecular weight excluding hydrogens is 228 g/mol. The van der Waals surface area contributed by atoms with Crippen LogP contribution in [0.1, 0.15) is 10.6 Å². The summed E-state index contributed by atoms with van der Waals surface area (Å²) >= 11 is 1.14. The van der Waals surface area contributed by atoms with E-state index in [0.29, 0.717) is 16.5 Å². The zero-order valence-electron chi connectivity index (χ0n) is 8.08. The Kier molecular flexibility index (Phi) is 2.78. The maximum atomic E-state index is 10.4. The summed E-state index contributed by atoms with van der Waals surface area (Å²) in [5.74, 6) is 0.828. The van der Waals surface area contributed by atoms with Gasteiger partial charge in [0.2, 0.25) is 0 Å². The van der Waals surface area contributed by atoms with E-state index in [-0.39, 0.29) is 17.4 Å². The first-order valence-electron chi connectivity index (χ1n) is 4.30. The fourth-order valence-corrected chi connectivity index (χ4v) is 1.81. The summed E-state index contributed by atoms with van der Waals surface area (Å²) in [7, 11) is 0. The first-order chi connectivity index (χ1) is 7.67. The van der Waals surface area contributed by atoms with Crippen LogP contribution in [0.2, 0.25) is 0 Å². The highest BCUT2D eigenvalue weighted by molar-refractivity contribution is 7.99. The molecule has 0 atom stereocenters. The SMILES string of the molecule is Nc1cc(N)nc(Sc2ccc(C=O)o2)n1. The second-order valence-corrected chi connectivity index (χ2v) is 3.85. The van der Waals surface area contributed by atoms with E-state index in [0.717, 1.165) is 11.8 Å². The minimum absolute atomic E-state index is 0.249. The second-order valence-electron chi connectivity index (χ2n) is 2.88. The molecule has 0 spiro atoms. The monoisotopic (exact) mass is 236 g/mol. The van der Waals surface area contributed by atoms with E-state index < -0.39 is 0 Å². The van der Waals surface area contributed by atoms with Crippen molar-refractivity contribution in [1.29, 1.82) is 0 Å². The summed E-state index contributed by atoms with van der Waals surface area (Å²) in [5.41, 5.74) is 11.0. The van der Waals surface area contributed by atoms with Gasteiger partial charge >= 0.3 is 0 Å². The van der Waals surface area contributed by atoms with E-state index in [4.69, 9.17) is 15.9 Å². The number of anilines is 2. The summed E-state index contributed by atoms with van der Waals surface area (Å²) < 4.78 is 5.15. The zero-order valence-corrected chi connectivity index (χ0v) is 8.90. The number of hydrogen-bond acceptors (Lipinski definition) is 7. The van der Waals surface area contributed by atoms with Gasteiger partial charge in [-0.15, -0.1) is 0 Å². The van der Waals surface area contributed by atoms with Gasteiger partial charge in [-0.2, -0.15) is 0 Å². The van der Waals surface area contributed by atoms with Crippen LogP contribution in [0.15, 0.2) is 32.9 Å². The largest absolute Gasteiger partial charge is 0.447 e. The molecule has 4 N–H and O–H groups in total. The van der Waals surface area contributed by atoms with Gasteiger partial charge in [0.25, 0.3) is 0 Å². The Bertz CT molecular complexity index is 506. The first-order valence-corrected chi connectivity index (χ1v) is 5.12. The Hall–Kier alpha value is -2.02. The van der Waals surface area contributed by atoms with Gasteiger partial charge in [0.05, 0.1) is 0 Å². The van der Waals surface area contributed by atoms with Crippen LogP contribution in [-0.2, 0) is 0 Å². The van der Waals surface area contributed by atoms with Crippen molar-refractivity contribution in [1.82, 2.24) is 9.97 Å². The van der Waals surface area contributed by atoms with E-state index in [2.05, 4.69) is 9.97 Å². The third-order valence-electron chi connectivity index (χ3n) is 1.66. The lowest BCUT2D eigenvalue weighted by Crippen LogP contribution is -1.98. The lowest BCUT2D eigenvalue weighted by molar-refractivity contribution is 0.109. The van der Waals surface area contributed by atoms with Crippen LogP contribution in [0.5, 0.6) is 0 Å². The third kappa shape index (κ3) is 2.31. The van der Waals surface area contributed by atoms with Crippen LogP contribution in [0.3, 0.4) is 0 Å². The highest BCUT2D eigenvalue weighted by Crippen LogP contribution is 2.27. The number of nitrogen functional groups attached to an aromatic ring is 2. The van der Waals surface area contributed by atoms with Gasteiger partial charge < -0.3 is 15.9 Å². The van der Waals surface area contributed by atoms with Crippen molar-refractivity contribution >= 4 is 29.7 Å². The Morgan fingerprint density at radius 2 is 1.94 bits per heavy atom. The van der Waals surface area contributed by atoms with Crippen molar-refractivity contribution < 1.29 is 9.21 Å². The van der Waals surface area contributed by atoms with Gasteiger partial charge in [0.1, 0.15) is 11.6 Å². The Morgan fingerprint density at radius 1 is 1.25 bits per heavy atom. The molecule has 0 unspecified atom stereocenters. The van der Waals surface area contributed by atoms with Gasteiger partial charge in [-0.05, 0) is 23.9 Å². The smallest absolute Gasteiger partial charge is 0.199 e. The lowest BCUT2D eigenvalue weighted by Gasteiger charge is -1.99. The number of rotatable bonds is 3. The molecule has 0 bridgehead atoms. The molecule has 2 aromatic rings. The highest BCUT2D eigenvalue weighted by Gasteiger charge is 2.07. The molecular formula is C9H8N4O2S. The van der Waals surface area contributed by atoms with E-state index >= 15 is 0 Å². The molecule has 0 aliphatic heterocycles. The topological polar surface area (TPSA) is 108 Å². The Morgan fingerprint density at radius 3 is 2.50 bits per heavy atom. The minimum Gasteiger partial charge on any atom is -0.447 e. The molecule has 0 saturated carbocycles. The zero-order chi connectivity index (χ0) is 11.5. The third-order valence-corrected chi connectivity index (χ3v) is 2.44. The molecule has 82 valence electrons. The van der Waals surface area contributed by atoms with Crippen LogP contribution in [0.25, 0.3) is 0 Å².